The first kappa shape index (κ1) is 12.7. The molecule has 1 aromatic carbocycles. The number of anilines is 2. The first-order valence-electron chi connectivity index (χ1n) is 6.10. The molecule has 0 aliphatic heterocycles. The van der Waals surface area contributed by atoms with Crippen molar-refractivity contribution in [1.29, 1.82) is 0 Å². The number of aliphatic hydroxyl groups excluding tert-OH is 1. The van der Waals surface area contributed by atoms with E-state index in [9.17, 15) is 5.11 Å². The molecule has 3 nitrogen and oxygen atoms in total. The second kappa shape index (κ2) is 5.74. The van der Waals surface area contributed by atoms with Gasteiger partial charge in [-0.25, -0.2) is 0 Å². The van der Waals surface area contributed by atoms with Gasteiger partial charge in [-0.1, -0.05) is 22.4 Å². The van der Waals surface area contributed by atoms with Gasteiger partial charge in [-0.15, -0.1) is 0 Å². The summed E-state index contributed by atoms with van der Waals surface area (Å²) in [5, 5.41) is 12.7. The van der Waals surface area contributed by atoms with Crippen LogP contribution in [0.4, 0.5) is 11.4 Å². The van der Waals surface area contributed by atoms with Crippen LogP contribution in [0.3, 0.4) is 0 Å². The average Bonchev–Trinajstić information content (AvgIpc) is 2.77. The van der Waals surface area contributed by atoms with Crippen LogP contribution in [0, 0.1) is 11.8 Å². The highest BCUT2D eigenvalue weighted by molar-refractivity contribution is 9.10. The second-order valence-corrected chi connectivity index (χ2v) is 5.66. The maximum absolute atomic E-state index is 9.27. The second-order valence-electron chi connectivity index (χ2n) is 4.75. The Morgan fingerprint density at radius 1 is 1.35 bits per heavy atom. The minimum absolute atomic E-state index is 0.306. The van der Waals surface area contributed by atoms with Crippen molar-refractivity contribution in [3.8, 4) is 0 Å². The predicted molar refractivity (Wildman–Crippen MR) is 75.0 cm³/mol. The van der Waals surface area contributed by atoms with Crippen molar-refractivity contribution in [2.45, 2.75) is 19.3 Å². The Labute approximate surface area is 111 Å². The first-order valence-corrected chi connectivity index (χ1v) is 6.89. The molecule has 0 bridgehead atoms. The lowest BCUT2D eigenvalue weighted by molar-refractivity contribution is 0.199. The van der Waals surface area contributed by atoms with E-state index in [1.165, 1.54) is 12.8 Å². The zero-order chi connectivity index (χ0) is 12.3. The fraction of sp³-hybridized carbons (Fsp3) is 0.538. The molecule has 2 unspecified atom stereocenters. The molecule has 0 amide bonds. The summed E-state index contributed by atoms with van der Waals surface area (Å²) in [5.74, 6) is 1.02. The van der Waals surface area contributed by atoms with Crippen LogP contribution in [0.5, 0.6) is 0 Å². The summed E-state index contributed by atoms with van der Waals surface area (Å²) in [5.41, 5.74) is 7.65. The van der Waals surface area contributed by atoms with Crippen LogP contribution in [-0.4, -0.2) is 18.3 Å². The van der Waals surface area contributed by atoms with Crippen LogP contribution in [0.2, 0.25) is 0 Å². The predicted octanol–water partition coefficient (Wildman–Crippen LogP) is 2.85. The summed E-state index contributed by atoms with van der Waals surface area (Å²) in [6, 6.07) is 5.83. The van der Waals surface area contributed by atoms with E-state index >= 15 is 0 Å². The quantitative estimate of drug-likeness (QED) is 0.749. The maximum Gasteiger partial charge on any atom is 0.0585 e. The third kappa shape index (κ3) is 3.13. The van der Waals surface area contributed by atoms with Gasteiger partial charge < -0.3 is 16.2 Å². The Morgan fingerprint density at radius 3 is 2.88 bits per heavy atom. The van der Waals surface area contributed by atoms with E-state index in [4.69, 9.17) is 5.73 Å². The Hall–Kier alpha value is -0.740. The molecule has 0 spiro atoms. The van der Waals surface area contributed by atoms with Gasteiger partial charge in [0.15, 0.2) is 0 Å². The van der Waals surface area contributed by atoms with Gasteiger partial charge in [0.25, 0.3) is 0 Å². The van der Waals surface area contributed by atoms with E-state index in [0.717, 1.165) is 28.8 Å². The molecule has 1 fully saturated rings. The first-order chi connectivity index (χ1) is 8.20. The lowest BCUT2D eigenvalue weighted by atomic mass is 9.97. The molecule has 0 aromatic heterocycles. The summed E-state index contributed by atoms with van der Waals surface area (Å²) < 4.78 is 1.03. The SMILES string of the molecule is Nc1ccc(Br)cc1NCC1CCCC1CO. The highest BCUT2D eigenvalue weighted by Crippen LogP contribution is 2.32. The van der Waals surface area contributed by atoms with Crippen molar-refractivity contribution in [1.82, 2.24) is 0 Å². The standard InChI is InChI=1S/C13H19BrN2O/c14-11-4-5-12(15)13(6-11)16-7-9-2-1-3-10(9)8-17/h4-6,9-10,16-17H,1-3,7-8,15H2. The molecule has 1 aliphatic carbocycles. The highest BCUT2D eigenvalue weighted by Gasteiger charge is 2.26. The van der Waals surface area contributed by atoms with E-state index < -0.39 is 0 Å². The van der Waals surface area contributed by atoms with E-state index in [1.54, 1.807) is 0 Å². The van der Waals surface area contributed by atoms with Gasteiger partial charge in [-0.05, 0) is 42.9 Å². The number of nitrogen functional groups attached to an aromatic ring is 1. The fourth-order valence-corrected chi connectivity index (χ4v) is 2.91. The van der Waals surface area contributed by atoms with Gasteiger partial charge in [-0.2, -0.15) is 0 Å². The van der Waals surface area contributed by atoms with Crippen LogP contribution in [0.25, 0.3) is 0 Å². The minimum atomic E-state index is 0.306. The molecule has 0 radical (unpaired) electrons. The minimum Gasteiger partial charge on any atom is -0.397 e. The van der Waals surface area contributed by atoms with Crippen molar-refractivity contribution in [3.63, 3.8) is 0 Å². The molecule has 4 heteroatoms. The van der Waals surface area contributed by atoms with Crippen LogP contribution in [0.15, 0.2) is 22.7 Å². The third-order valence-corrected chi connectivity index (χ3v) is 4.11. The number of hydrogen-bond acceptors (Lipinski definition) is 3. The van der Waals surface area contributed by atoms with E-state index in [1.807, 2.05) is 18.2 Å². The number of hydrogen-bond donors (Lipinski definition) is 3. The van der Waals surface area contributed by atoms with E-state index in [2.05, 4.69) is 21.2 Å². The molecule has 17 heavy (non-hydrogen) atoms. The fourth-order valence-electron chi connectivity index (χ4n) is 2.55. The van der Waals surface area contributed by atoms with E-state index in [0.29, 0.717) is 18.4 Å². The lowest BCUT2D eigenvalue weighted by Gasteiger charge is -2.19. The Morgan fingerprint density at radius 2 is 2.12 bits per heavy atom. The van der Waals surface area contributed by atoms with Crippen LogP contribution >= 0.6 is 15.9 Å². The lowest BCUT2D eigenvalue weighted by Crippen LogP contribution is -2.21. The van der Waals surface area contributed by atoms with E-state index in [-0.39, 0.29) is 0 Å². The van der Waals surface area contributed by atoms with Crippen molar-refractivity contribution in [2.75, 3.05) is 24.2 Å². The number of halogens is 1. The largest absolute Gasteiger partial charge is 0.397 e. The number of nitrogens with two attached hydrogens (primary N) is 1. The molecule has 2 atom stereocenters. The van der Waals surface area contributed by atoms with Gasteiger partial charge in [0.1, 0.15) is 0 Å². The average molecular weight is 299 g/mol. The summed E-state index contributed by atoms with van der Waals surface area (Å²) >= 11 is 3.44. The molecule has 0 saturated heterocycles. The number of nitrogens with one attached hydrogen (secondary N) is 1. The zero-order valence-electron chi connectivity index (χ0n) is 9.82. The molecular weight excluding hydrogens is 280 g/mol. The smallest absolute Gasteiger partial charge is 0.0585 e. The van der Waals surface area contributed by atoms with Gasteiger partial charge in [0.2, 0.25) is 0 Å². The molecule has 4 N–H and O–H groups in total. The number of rotatable bonds is 4. The topological polar surface area (TPSA) is 58.3 Å². The summed E-state index contributed by atoms with van der Waals surface area (Å²) in [6.45, 7) is 1.20. The molecule has 1 aliphatic rings. The Bertz CT molecular complexity index is 384. The van der Waals surface area contributed by atoms with Crippen molar-refractivity contribution >= 4 is 27.3 Å². The normalized spacial score (nSPS) is 23.9. The maximum atomic E-state index is 9.27. The third-order valence-electron chi connectivity index (χ3n) is 3.62. The van der Waals surface area contributed by atoms with Gasteiger partial charge in [0, 0.05) is 17.6 Å². The Kier molecular flexibility index (Phi) is 4.29. The highest BCUT2D eigenvalue weighted by atomic mass is 79.9. The van der Waals surface area contributed by atoms with Gasteiger partial charge in [-0.3, -0.25) is 0 Å². The molecule has 2 rings (SSSR count). The molecule has 0 heterocycles. The monoisotopic (exact) mass is 298 g/mol. The van der Waals surface area contributed by atoms with Crippen LogP contribution in [-0.2, 0) is 0 Å². The number of benzene rings is 1. The summed E-state index contributed by atoms with van der Waals surface area (Å²) in [4.78, 5) is 0. The summed E-state index contributed by atoms with van der Waals surface area (Å²) in [7, 11) is 0. The van der Waals surface area contributed by atoms with Crippen molar-refractivity contribution in [2.24, 2.45) is 11.8 Å². The van der Waals surface area contributed by atoms with Crippen LogP contribution in [0.1, 0.15) is 19.3 Å². The van der Waals surface area contributed by atoms with Crippen molar-refractivity contribution < 1.29 is 5.11 Å². The molecule has 94 valence electrons. The van der Waals surface area contributed by atoms with Crippen molar-refractivity contribution in [3.05, 3.63) is 22.7 Å². The Balaban J connectivity index is 1.95. The molecular formula is C13H19BrN2O. The van der Waals surface area contributed by atoms with Gasteiger partial charge in [0.05, 0.1) is 11.4 Å². The number of aliphatic hydroxyl groups is 1. The molecule has 1 saturated carbocycles. The zero-order valence-corrected chi connectivity index (χ0v) is 11.4. The van der Waals surface area contributed by atoms with Crippen LogP contribution < -0.4 is 11.1 Å². The molecule has 1 aromatic rings. The van der Waals surface area contributed by atoms with Gasteiger partial charge >= 0.3 is 0 Å². The summed E-state index contributed by atoms with van der Waals surface area (Å²) in [6.07, 6.45) is 3.58.